The van der Waals surface area contributed by atoms with Gasteiger partial charge >= 0.3 is 5.97 Å². The van der Waals surface area contributed by atoms with Crippen molar-refractivity contribution in [3.05, 3.63) is 35.9 Å². The second-order valence-electron chi connectivity index (χ2n) is 3.43. The Kier molecular flexibility index (Phi) is 4.66. The number of benzene rings is 1. The van der Waals surface area contributed by atoms with Crippen LogP contribution in [0.25, 0.3) is 0 Å². The molecule has 0 bridgehead atoms. The maximum atomic E-state index is 11.4. The van der Waals surface area contributed by atoms with Crippen molar-refractivity contribution in [3.8, 4) is 0 Å². The Hall–Kier alpha value is -1.68. The number of esters is 1. The lowest BCUT2D eigenvalue weighted by molar-refractivity contribution is -0.154. The summed E-state index contributed by atoms with van der Waals surface area (Å²) in [7, 11) is 0. The van der Waals surface area contributed by atoms with Crippen LogP contribution >= 0.6 is 0 Å². The Bertz CT molecular complexity index is 362. The summed E-state index contributed by atoms with van der Waals surface area (Å²) in [6.45, 7) is 1.62. The Labute approximate surface area is 94.4 Å². The number of rotatable bonds is 5. The second kappa shape index (κ2) is 6.02. The van der Waals surface area contributed by atoms with Crippen molar-refractivity contribution in [2.45, 2.75) is 19.4 Å². The number of carbonyl (C=O) groups is 2. The molecule has 0 heterocycles. The van der Waals surface area contributed by atoms with E-state index in [1.807, 2.05) is 6.07 Å². The first kappa shape index (κ1) is 12.4. The van der Waals surface area contributed by atoms with Gasteiger partial charge in [0.1, 0.15) is 0 Å². The lowest BCUT2D eigenvalue weighted by Gasteiger charge is -2.15. The zero-order valence-electron chi connectivity index (χ0n) is 9.18. The van der Waals surface area contributed by atoms with Crippen LogP contribution in [0.3, 0.4) is 0 Å². The Balaban J connectivity index is 2.77. The van der Waals surface area contributed by atoms with E-state index in [0.717, 1.165) is 0 Å². The van der Waals surface area contributed by atoms with Gasteiger partial charge in [-0.25, -0.2) is 0 Å². The van der Waals surface area contributed by atoms with E-state index in [1.54, 1.807) is 24.3 Å². The first-order chi connectivity index (χ1) is 7.65. The fourth-order valence-electron chi connectivity index (χ4n) is 1.32. The van der Waals surface area contributed by atoms with Crippen LogP contribution in [0.2, 0.25) is 0 Å². The van der Waals surface area contributed by atoms with Gasteiger partial charge < -0.3 is 10.5 Å². The quantitative estimate of drug-likeness (QED) is 0.759. The van der Waals surface area contributed by atoms with Gasteiger partial charge in [-0.15, -0.1) is 0 Å². The van der Waals surface area contributed by atoms with Crippen LogP contribution in [-0.4, -0.2) is 18.3 Å². The maximum absolute atomic E-state index is 11.4. The molecule has 0 amide bonds. The van der Waals surface area contributed by atoms with E-state index >= 15 is 0 Å². The molecule has 0 aliphatic rings. The molecule has 0 aliphatic heterocycles. The molecule has 1 rings (SSSR count). The van der Waals surface area contributed by atoms with Gasteiger partial charge in [-0.05, 0) is 12.5 Å². The minimum atomic E-state index is -0.819. The summed E-state index contributed by atoms with van der Waals surface area (Å²) in [5, 5.41) is 0. The Morgan fingerprint density at radius 2 is 1.94 bits per heavy atom. The normalized spacial score (nSPS) is 11.9. The van der Waals surface area contributed by atoms with Crippen molar-refractivity contribution >= 4 is 11.8 Å². The van der Waals surface area contributed by atoms with Crippen molar-refractivity contribution in [1.82, 2.24) is 0 Å². The third kappa shape index (κ3) is 3.47. The van der Waals surface area contributed by atoms with E-state index < -0.39 is 12.1 Å². The van der Waals surface area contributed by atoms with E-state index in [-0.39, 0.29) is 18.7 Å². The first-order valence-electron chi connectivity index (χ1n) is 5.10. The third-order valence-electron chi connectivity index (χ3n) is 2.07. The number of carbonyl (C=O) groups excluding carboxylic acids is 2. The van der Waals surface area contributed by atoms with Gasteiger partial charge in [-0.3, -0.25) is 9.59 Å². The Morgan fingerprint density at radius 1 is 1.31 bits per heavy atom. The monoisotopic (exact) mass is 221 g/mol. The van der Waals surface area contributed by atoms with Gasteiger partial charge in [0.15, 0.2) is 11.9 Å². The highest BCUT2D eigenvalue weighted by atomic mass is 16.5. The molecule has 0 saturated carbocycles. The molecule has 86 valence electrons. The predicted molar refractivity (Wildman–Crippen MR) is 59.6 cm³/mol. The van der Waals surface area contributed by atoms with Crippen molar-refractivity contribution in [2.24, 2.45) is 5.73 Å². The van der Waals surface area contributed by atoms with Gasteiger partial charge in [-0.2, -0.15) is 0 Å². The molecule has 0 aliphatic carbocycles. The minimum absolute atomic E-state index is 0.122. The zero-order valence-corrected chi connectivity index (χ0v) is 9.18. The molecule has 0 radical (unpaired) electrons. The summed E-state index contributed by atoms with van der Waals surface area (Å²) in [6.07, 6.45) is -0.698. The van der Waals surface area contributed by atoms with Crippen LogP contribution in [0.1, 0.15) is 25.0 Å². The summed E-state index contributed by atoms with van der Waals surface area (Å²) in [4.78, 5) is 22.7. The van der Waals surface area contributed by atoms with Crippen molar-refractivity contribution in [2.75, 3.05) is 6.54 Å². The standard InChI is InChI=1S/C12H15NO3/c1-9(14)12(16-11(15)7-8-13)10-5-3-2-4-6-10/h2-6,12H,7-8,13H2,1H3/t12-/m0/s1. The lowest BCUT2D eigenvalue weighted by atomic mass is 10.1. The third-order valence-corrected chi connectivity index (χ3v) is 2.07. The number of hydrogen-bond donors (Lipinski definition) is 1. The van der Waals surface area contributed by atoms with Crippen LogP contribution in [0, 0.1) is 0 Å². The van der Waals surface area contributed by atoms with Crippen LogP contribution in [0.15, 0.2) is 30.3 Å². The molecule has 0 fully saturated rings. The number of nitrogens with two attached hydrogens (primary N) is 1. The summed E-state index contributed by atoms with van der Waals surface area (Å²) in [5.41, 5.74) is 5.92. The lowest BCUT2D eigenvalue weighted by Crippen LogP contribution is -2.19. The van der Waals surface area contributed by atoms with E-state index in [0.29, 0.717) is 5.56 Å². The fourth-order valence-corrected chi connectivity index (χ4v) is 1.32. The van der Waals surface area contributed by atoms with Crippen molar-refractivity contribution in [3.63, 3.8) is 0 Å². The number of Topliss-reactive ketones (excluding diaryl/α,β-unsaturated/α-hetero) is 1. The van der Waals surface area contributed by atoms with E-state index in [1.165, 1.54) is 6.92 Å². The summed E-state index contributed by atoms with van der Waals surface area (Å²) in [5.74, 6) is -0.650. The number of ketones is 1. The zero-order chi connectivity index (χ0) is 12.0. The highest BCUT2D eigenvalue weighted by molar-refractivity contribution is 5.84. The topological polar surface area (TPSA) is 69.4 Å². The minimum Gasteiger partial charge on any atom is -0.449 e. The average molecular weight is 221 g/mol. The Morgan fingerprint density at radius 3 is 2.44 bits per heavy atom. The smallest absolute Gasteiger partial charge is 0.308 e. The second-order valence-corrected chi connectivity index (χ2v) is 3.43. The molecule has 1 aromatic rings. The summed E-state index contributed by atoms with van der Waals surface area (Å²) < 4.78 is 5.07. The maximum Gasteiger partial charge on any atom is 0.308 e. The van der Waals surface area contributed by atoms with Gasteiger partial charge in [0, 0.05) is 6.54 Å². The highest BCUT2D eigenvalue weighted by Gasteiger charge is 2.20. The van der Waals surface area contributed by atoms with E-state index in [4.69, 9.17) is 10.5 Å². The molecular weight excluding hydrogens is 206 g/mol. The molecule has 4 heteroatoms. The fraction of sp³-hybridized carbons (Fsp3) is 0.333. The molecule has 0 spiro atoms. The molecule has 4 nitrogen and oxygen atoms in total. The molecule has 2 N–H and O–H groups in total. The SMILES string of the molecule is CC(=O)[C@H](OC(=O)CCN)c1ccccc1. The van der Waals surface area contributed by atoms with Crippen LogP contribution in [-0.2, 0) is 14.3 Å². The first-order valence-corrected chi connectivity index (χ1v) is 5.10. The van der Waals surface area contributed by atoms with Crippen LogP contribution in [0.4, 0.5) is 0 Å². The average Bonchev–Trinajstić information content (AvgIpc) is 2.27. The van der Waals surface area contributed by atoms with E-state index in [2.05, 4.69) is 0 Å². The summed E-state index contributed by atoms with van der Waals surface area (Å²) in [6, 6.07) is 8.93. The molecule has 16 heavy (non-hydrogen) atoms. The number of hydrogen-bond acceptors (Lipinski definition) is 4. The molecule has 0 unspecified atom stereocenters. The molecule has 0 saturated heterocycles. The van der Waals surface area contributed by atoms with Gasteiger partial charge in [0.25, 0.3) is 0 Å². The van der Waals surface area contributed by atoms with Crippen molar-refractivity contribution < 1.29 is 14.3 Å². The molecular formula is C12H15NO3. The largest absolute Gasteiger partial charge is 0.449 e. The van der Waals surface area contributed by atoms with Crippen LogP contribution < -0.4 is 5.73 Å². The van der Waals surface area contributed by atoms with Crippen molar-refractivity contribution in [1.29, 1.82) is 0 Å². The van der Waals surface area contributed by atoms with Gasteiger partial charge in [-0.1, -0.05) is 30.3 Å². The van der Waals surface area contributed by atoms with Gasteiger partial charge in [0.2, 0.25) is 0 Å². The predicted octanol–water partition coefficient (Wildman–Crippen LogP) is 1.21. The number of ether oxygens (including phenoxy) is 1. The summed E-state index contributed by atoms with van der Waals surface area (Å²) >= 11 is 0. The highest BCUT2D eigenvalue weighted by Crippen LogP contribution is 2.18. The molecule has 0 aromatic heterocycles. The molecule has 1 aromatic carbocycles. The molecule has 1 atom stereocenters. The van der Waals surface area contributed by atoms with Crippen LogP contribution in [0.5, 0.6) is 0 Å². The van der Waals surface area contributed by atoms with E-state index in [9.17, 15) is 9.59 Å². The van der Waals surface area contributed by atoms with Gasteiger partial charge in [0.05, 0.1) is 6.42 Å².